The Labute approximate surface area is 346 Å². The molecule has 8 rings (SSSR count). The van der Waals surface area contributed by atoms with Crippen LogP contribution in [0.3, 0.4) is 0 Å². The molecular formula is C46H61N3O10. The lowest BCUT2D eigenvalue weighted by molar-refractivity contribution is -0.188. The minimum absolute atomic E-state index is 0.0728. The topological polar surface area (TPSA) is 200 Å². The number of rotatable bonds is 9. The fraction of sp³-hybridized carbons (Fsp3) is 0.696. The van der Waals surface area contributed by atoms with Crippen LogP contribution < -0.4 is 10.6 Å². The summed E-state index contributed by atoms with van der Waals surface area (Å²) in [4.78, 5) is 83.8. The summed E-state index contributed by atoms with van der Waals surface area (Å²) in [6.45, 7) is 8.67. The molecule has 5 saturated carbocycles. The number of aromatic hydroxyl groups is 1. The molecule has 1 aromatic carbocycles. The lowest BCUT2D eigenvalue weighted by Gasteiger charge is -2.58. The highest BCUT2D eigenvalue weighted by atomic mass is 16.5. The van der Waals surface area contributed by atoms with E-state index in [-0.39, 0.29) is 47.1 Å². The van der Waals surface area contributed by atoms with Crippen molar-refractivity contribution in [3.8, 4) is 5.75 Å². The summed E-state index contributed by atoms with van der Waals surface area (Å²) in [5, 5.41) is 40.1. The van der Waals surface area contributed by atoms with Crippen LogP contribution in [0.15, 0.2) is 29.8 Å². The number of ketones is 5. The Morgan fingerprint density at radius 2 is 1.68 bits per heavy atom. The van der Waals surface area contributed by atoms with E-state index in [2.05, 4.69) is 30.6 Å². The second kappa shape index (κ2) is 14.8. The average molecular weight is 816 g/mol. The first kappa shape index (κ1) is 42.1. The number of Topliss-reactive ketones (excluding diaryl/α,β-unsaturated/α-hetero) is 5. The molecular weight excluding hydrogens is 755 g/mol. The second-order valence-corrected chi connectivity index (χ2v) is 19.9. The van der Waals surface area contributed by atoms with E-state index >= 15 is 0 Å². The summed E-state index contributed by atoms with van der Waals surface area (Å²) in [6, 6.07) is 2.96. The molecule has 13 nitrogen and oxygen atoms in total. The third-order valence-electron chi connectivity index (χ3n) is 16.9. The minimum Gasteiger partial charge on any atom is -0.507 e. The van der Waals surface area contributed by atoms with Crippen LogP contribution in [0.2, 0.25) is 0 Å². The number of carbonyl (C=O) groups is 6. The van der Waals surface area contributed by atoms with Gasteiger partial charge in [0.1, 0.15) is 11.5 Å². The van der Waals surface area contributed by atoms with Crippen LogP contribution >= 0.6 is 0 Å². The monoisotopic (exact) mass is 815 g/mol. The van der Waals surface area contributed by atoms with E-state index in [9.17, 15) is 44.1 Å². The van der Waals surface area contributed by atoms with Gasteiger partial charge in [-0.1, -0.05) is 37.6 Å². The number of hydrogen-bond acceptors (Lipinski definition) is 12. The number of aliphatic hydroxyl groups is 2. The number of fused-ring (bicyclic) bond motifs is 8. The van der Waals surface area contributed by atoms with Gasteiger partial charge in [0, 0.05) is 24.3 Å². The standard InChI is InChI=1S/C46H61N3O10/c1-23(50)27-12-13-28-26-11-10-24-20-25(14-16-43(24,2)29(26)15-17-44(27,28)3)59-19-18-47-22-48-42(56)36-39(53)37(49(5)6)32-21-31-35(40(54)46(32,58)41(36)55)38(52)34-30(45(31,4)57)8-7-9-33(34)51/h7-10,25-29,31-32,35-37,47,51,57-58H,11-22H2,1-6H3,(H,48,56). The molecule has 0 aromatic heterocycles. The number of hydrogen-bond donors (Lipinski definition) is 5. The molecule has 320 valence electrons. The first-order valence-electron chi connectivity index (χ1n) is 21.7. The first-order valence-corrected chi connectivity index (χ1v) is 21.7. The lowest BCUT2D eigenvalue weighted by atomic mass is 9.47. The Morgan fingerprint density at radius 1 is 0.932 bits per heavy atom. The maximum Gasteiger partial charge on any atom is 0.239 e. The SMILES string of the molecule is CC(=O)C1CCC2C3CC=C4CC(OCCNCNC(=O)C5C(=O)C(N(C)C)C6CC7C(C(=O)c8c(O)cccc8C7(C)O)C(=O)C6(O)C5=O)CCC4(C)C3CCC12C. The van der Waals surface area contributed by atoms with Gasteiger partial charge >= 0.3 is 0 Å². The maximum atomic E-state index is 14.3. The third-order valence-corrected chi connectivity index (χ3v) is 16.9. The smallest absolute Gasteiger partial charge is 0.239 e. The van der Waals surface area contributed by atoms with Crippen molar-refractivity contribution >= 4 is 34.8 Å². The Morgan fingerprint density at radius 3 is 2.39 bits per heavy atom. The number of phenolic OH excluding ortho intramolecular Hbond substituents is 1. The fourth-order valence-corrected chi connectivity index (χ4v) is 13.9. The predicted octanol–water partition coefficient (Wildman–Crippen LogP) is 3.26. The van der Waals surface area contributed by atoms with Gasteiger partial charge in [0.05, 0.1) is 42.5 Å². The van der Waals surface area contributed by atoms with E-state index in [1.54, 1.807) is 21.0 Å². The molecule has 0 heterocycles. The van der Waals surface area contributed by atoms with Crippen molar-refractivity contribution in [3.05, 3.63) is 41.0 Å². The summed E-state index contributed by atoms with van der Waals surface area (Å²) in [5.74, 6) is -9.20. The number of amides is 1. The average Bonchev–Trinajstić information content (AvgIpc) is 3.54. The number of carbonyl (C=O) groups excluding carboxylic acids is 6. The van der Waals surface area contributed by atoms with Crippen molar-refractivity contribution in [2.45, 2.75) is 109 Å². The van der Waals surface area contributed by atoms with Crippen LogP contribution in [0.1, 0.15) is 101 Å². The Hall–Kier alpha value is -3.62. The molecule has 0 bridgehead atoms. The number of ether oxygens (including phenoxy) is 1. The summed E-state index contributed by atoms with van der Waals surface area (Å²) in [7, 11) is 3.09. The number of benzene rings is 1. The Bertz CT molecular complexity index is 2010. The Balaban J connectivity index is 0.872. The first-order chi connectivity index (χ1) is 27.8. The zero-order chi connectivity index (χ0) is 42.6. The van der Waals surface area contributed by atoms with Crippen molar-refractivity contribution in [1.82, 2.24) is 15.5 Å². The van der Waals surface area contributed by atoms with Crippen molar-refractivity contribution in [2.75, 3.05) is 33.9 Å². The van der Waals surface area contributed by atoms with Crippen molar-refractivity contribution in [2.24, 2.45) is 58.2 Å². The van der Waals surface area contributed by atoms with E-state index in [0.717, 1.165) is 44.9 Å². The second-order valence-electron chi connectivity index (χ2n) is 19.9. The Kier molecular flexibility index (Phi) is 10.5. The molecule has 59 heavy (non-hydrogen) atoms. The normalized spacial score (nSPS) is 42.5. The molecule has 1 amide bonds. The van der Waals surface area contributed by atoms with Crippen molar-refractivity contribution in [1.29, 1.82) is 0 Å². The molecule has 0 radical (unpaired) electrons. The van der Waals surface area contributed by atoms with Crippen LogP contribution in [0.25, 0.3) is 0 Å². The molecule has 7 aliphatic carbocycles. The number of nitrogens with one attached hydrogen (secondary N) is 2. The summed E-state index contributed by atoms with van der Waals surface area (Å²) in [6.07, 6.45) is 10.8. The van der Waals surface area contributed by atoms with Gasteiger partial charge in [-0.15, -0.1) is 0 Å². The number of phenols is 1. The third kappa shape index (κ3) is 6.18. The minimum atomic E-state index is -2.86. The van der Waals surface area contributed by atoms with E-state index in [4.69, 9.17) is 4.74 Å². The fourth-order valence-electron chi connectivity index (χ4n) is 13.9. The highest BCUT2D eigenvalue weighted by molar-refractivity contribution is 6.32. The highest BCUT2D eigenvalue weighted by Gasteiger charge is 2.71. The molecule has 5 fully saturated rings. The quantitative estimate of drug-likeness (QED) is 0.106. The molecule has 5 N–H and O–H groups in total. The van der Waals surface area contributed by atoms with Gasteiger partial charge in [-0.3, -0.25) is 39.0 Å². The van der Waals surface area contributed by atoms with Gasteiger partial charge in [0.2, 0.25) is 5.91 Å². The molecule has 1 aromatic rings. The largest absolute Gasteiger partial charge is 0.507 e. The van der Waals surface area contributed by atoms with Gasteiger partial charge in [0.15, 0.2) is 34.7 Å². The summed E-state index contributed by atoms with van der Waals surface area (Å²) in [5.41, 5.74) is -3.04. The van der Waals surface area contributed by atoms with Gasteiger partial charge < -0.3 is 25.4 Å². The van der Waals surface area contributed by atoms with Gasteiger partial charge in [-0.05, 0) is 126 Å². The molecule has 0 spiro atoms. The van der Waals surface area contributed by atoms with E-state index in [1.807, 2.05) is 0 Å². The summed E-state index contributed by atoms with van der Waals surface area (Å²) < 4.78 is 6.32. The van der Waals surface area contributed by atoms with Crippen LogP contribution in [-0.4, -0.2) is 107 Å². The number of allylic oxidation sites excluding steroid dienone is 1. The van der Waals surface area contributed by atoms with E-state index in [0.29, 0.717) is 36.7 Å². The predicted molar refractivity (Wildman–Crippen MR) is 215 cm³/mol. The molecule has 0 saturated heterocycles. The van der Waals surface area contributed by atoms with Gasteiger partial charge in [0.25, 0.3) is 0 Å². The van der Waals surface area contributed by atoms with E-state index in [1.165, 1.54) is 42.0 Å². The number of nitrogens with zero attached hydrogens (tertiary/aromatic N) is 1. The van der Waals surface area contributed by atoms with Crippen LogP contribution in [-0.2, 0) is 34.3 Å². The van der Waals surface area contributed by atoms with Gasteiger partial charge in [-0.25, -0.2) is 0 Å². The zero-order valence-electron chi connectivity index (χ0n) is 35.2. The molecule has 14 unspecified atom stereocenters. The van der Waals surface area contributed by atoms with Crippen LogP contribution in [0.4, 0.5) is 0 Å². The van der Waals surface area contributed by atoms with Crippen molar-refractivity contribution < 1.29 is 48.8 Å². The lowest BCUT2D eigenvalue weighted by Crippen LogP contribution is -2.75. The molecule has 7 aliphatic rings. The zero-order valence-corrected chi connectivity index (χ0v) is 35.2. The molecule has 0 aliphatic heterocycles. The van der Waals surface area contributed by atoms with E-state index < -0.39 is 75.7 Å². The highest BCUT2D eigenvalue weighted by Crippen LogP contribution is 2.66. The van der Waals surface area contributed by atoms with Crippen molar-refractivity contribution in [3.63, 3.8) is 0 Å². The summed E-state index contributed by atoms with van der Waals surface area (Å²) >= 11 is 0. The van der Waals surface area contributed by atoms with Gasteiger partial charge in [-0.2, -0.15) is 0 Å². The number of likely N-dealkylation sites (N-methyl/N-ethyl adjacent to an activating group) is 1. The maximum absolute atomic E-state index is 14.3. The molecule has 13 heteroatoms. The molecule has 14 atom stereocenters. The van der Waals surface area contributed by atoms with Crippen LogP contribution in [0.5, 0.6) is 5.75 Å². The van der Waals surface area contributed by atoms with Crippen LogP contribution in [0, 0.1) is 58.2 Å².